The summed E-state index contributed by atoms with van der Waals surface area (Å²) in [4.78, 5) is 14.5. The number of carbonyl (C=O) groups excluding carboxylic acids is 1. The monoisotopic (exact) mass is 348 g/mol. The number of nitrogens with zero attached hydrogens (tertiary/aromatic N) is 3. The Balaban J connectivity index is 1.50. The third-order valence-electron chi connectivity index (χ3n) is 5.75. The van der Waals surface area contributed by atoms with Crippen LogP contribution in [-0.2, 0) is 11.3 Å². The number of likely N-dealkylation sites (tertiary alicyclic amines) is 1. The van der Waals surface area contributed by atoms with Crippen molar-refractivity contribution in [3.05, 3.63) is 18.0 Å². The maximum absolute atomic E-state index is 12.6. The van der Waals surface area contributed by atoms with Crippen LogP contribution in [0.4, 0.5) is 4.79 Å². The smallest absolute Gasteiger partial charge is 0.317 e. The summed E-state index contributed by atoms with van der Waals surface area (Å²) in [6.45, 7) is 8.39. The lowest BCUT2D eigenvalue weighted by molar-refractivity contribution is 0.0904. The van der Waals surface area contributed by atoms with E-state index in [4.69, 9.17) is 4.74 Å². The zero-order valence-electron chi connectivity index (χ0n) is 15.6. The summed E-state index contributed by atoms with van der Waals surface area (Å²) in [5.74, 6) is 1.11. The first-order chi connectivity index (χ1) is 12.2. The number of rotatable bonds is 5. The van der Waals surface area contributed by atoms with Crippen molar-refractivity contribution >= 4 is 6.03 Å². The highest BCUT2D eigenvalue weighted by Crippen LogP contribution is 2.33. The van der Waals surface area contributed by atoms with Crippen LogP contribution in [0.25, 0.3) is 0 Å². The Kier molecular flexibility index (Phi) is 6.34. The zero-order valence-corrected chi connectivity index (χ0v) is 15.6. The summed E-state index contributed by atoms with van der Waals surface area (Å²) in [6, 6.07) is 0.0895. The average molecular weight is 348 g/mol. The van der Waals surface area contributed by atoms with Gasteiger partial charge in [-0.25, -0.2) is 4.79 Å². The Hall–Kier alpha value is -1.56. The van der Waals surface area contributed by atoms with Crippen LogP contribution in [0.3, 0.4) is 0 Å². The highest BCUT2D eigenvalue weighted by Gasteiger charge is 2.31. The fourth-order valence-corrected chi connectivity index (χ4v) is 4.02. The van der Waals surface area contributed by atoms with Gasteiger partial charge in [0, 0.05) is 50.5 Å². The van der Waals surface area contributed by atoms with Crippen LogP contribution in [0.5, 0.6) is 0 Å². The first kappa shape index (κ1) is 18.2. The molecule has 0 aliphatic carbocycles. The largest absolute Gasteiger partial charge is 0.373 e. The minimum Gasteiger partial charge on any atom is -0.373 e. The minimum absolute atomic E-state index is 0.0502. The van der Waals surface area contributed by atoms with E-state index in [0.717, 1.165) is 57.0 Å². The molecule has 6 nitrogen and oxygen atoms in total. The molecule has 0 aromatic carbocycles. The maximum atomic E-state index is 12.6. The second-order valence-corrected chi connectivity index (χ2v) is 7.35. The third kappa shape index (κ3) is 4.54. The van der Waals surface area contributed by atoms with Gasteiger partial charge in [-0.2, -0.15) is 5.10 Å². The molecule has 0 saturated carbocycles. The number of urea groups is 1. The highest BCUT2D eigenvalue weighted by atomic mass is 16.5. The lowest BCUT2D eigenvalue weighted by atomic mass is 9.97. The topological polar surface area (TPSA) is 59.4 Å². The molecule has 0 radical (unpaired) electrons. The number of nitrogens with one attached hydrogen (secondary N) is 1. The van der Waals surface area contributed by atoms with E-state index in [0.29, 0.717) is 12.5 Å². The molecule has 2 saturated heterocycles. The number of amides is 2. The molecule has 0 spiro atoms. The molecular formula is C19H32N4O2. The van der Waals surface area contributed by atoms with E-state index < -0.39 is 0 Å². The summed E-state index contributed by atoms with van der Waals surface area (Å²) < 4.78 is 7.84. The van der Waals surface area contributed by atoms with Gasteiger partial charge in [-0.05, 0) is 38.5 Å². The minimum atomic E-state index is 0.0502. The molecule has 0 unspecified atom stereocenters. The van der Waals surface area contributed by atoms with Crippen LogP contribution in [0.1, 0.15) is 57.6 Å². The van der Waals surface area contributed by atoms with Gasteiger partial charge in [-0.1, -0.05) is 13.3 Å². The van der Waals surface area contributed by atoms with E-state index in [9.17, 15) is 4.79 Å². The van der Waals surface area contributed by atoms with Crippen molar-refractivity contribution in [2.75, 3.05) is 26.2 Å². The Morgan fingerprint density at radius 2 is 2.20 bits per heavy atom. The van der Waals surface area contributed by atoms with Crippen molar-refractivity contribution in [1.82, 2.24) is 20.0 Å². The van der Waals surface area contributed by atoms with E-state index >= 15 is 0 Å². The summed E-state index contributed by atoms with van der Waals surface area (Å²) in [6.07, 6.45) is 9.72. The SMILES string of the molecule is CC[C@@H]1CCCN(C(=O)NC[C@H]2CCO[C@@H]2c2cnn(CC)c2)CC1. The second kappa shape index (κ2) is 8.70. The molecule has 1 aromatic heterocycles. The average Bonchev–Trinajstić information content (AvgIpc) is 3.22. The first-order valence-electron chi connectivity index (χ1n) is 9.88. The number of aromatic nitrogens is 2. The van der Waals surface area contributed by atoms with Crippen molar-refractivity contribution in [1.29, 1.82) is 0 Å². The van der Waals surface area contributed by atoms with Crippen molar-refractivity contribution in [3.63, 3.8) is 0 Å². The van der Waals surface area contributed by atoms with Gasteiger partial charge in [0.25, 0.3) is 0 Å². The van der Waals surface area contributed by atoms with Crippen LogP contribution >= 0.6 is 0 Å². The molecule has 1 aromatic rings. The standard InChI is InChI=1S/C19H32N4O2/c1-3-15-6-5-9-22(10-7-15)19(24)20-12-16-8-11-25-18(16)17-13-21-23(4-2)14-17/h13-16,18H,3-12H2,1-2H3,(H,20,24)/t15-,16-,18+/m1/s1. The molecule has 1 N–H and O–H groups in total. The molecule has 2 aliphatic rings. The summed E-state index contributed by atoms with van der Waals surface area (Å²) in [5.41, 5.74) is 1.12. The Labute approximate surface area is 150 Å². The normalized spacial score (nSPS) is 27.3. The predicted molar refractivity (Wildman–Crippen MR) is 97.3 cm³/mol. The van der Waals surface area contributed by atoms with Crippen LogP contribution in [-0.4, -0.2) is 47.0 Å². The fourth-order valence-electron chi connectivity index (χ4n) is 4.02. The molecule has 2 fully saturated rings. The number of hydrogen-bond donors (Lipinski definition) is 1. The second-order valence-electron chi connectivity index (χ2n) is 7.35. The van der Waals surface area contributed by atoms with Crippen molar-refractivity contribution < 1.29 is 9.53 Å². The van der Waals surface area contributed by atoms with E-state index in [1.807, 2.05) is 15.8 Å². The summed E-state index contributed by atoms with van der Waals surface area (Å²) >= 11 is 0. The van der Waals surface area contributed by atoms with Crippen LogP contribution in [0.2, 0.25) is 0 Å². The van der Waals surface area contributed by atoms with E-state index in [-0.39, 0.29) is 12.1 Å². The molecule has 3 heterocycles. The van der Waals surface area contributed by atoms with Gasteiger partial charge in [-0.3, -0.25) is 4.68 Å². The van der Waals surface area contributed by atoms with E-state index in [1.54, 1.807) is 0 Å². The lowest BCUT2D eigenvalue weighted by Gasteiger charge is -2.23. The van der Waals surface area contributed by atoms with Gasteiger partial charge in [0.1, 0.15) is 0 Å². The predicted octanol–water partition coefficient (Wildman–Crippen LogP) is 3.20. The Bertz CT molecular complexity index is 559. The van der Waals surface area contributed by atoms with Gasteiger partial charge in [0.2, 0.25) is 0 Å². The van der Waals surface area contributed by atoms with Gasteiger partial charge in [0.05, 0.1) is 12.3 Å². The summed E-state index contributed by atoms with van der Waals surface area (Å²) in [5, 5.41) is 7.50. The number of carbonyl (C=O) groups is 1. The summed E-state index contributed by atoms with van der Waals surface area (Å²) in [7, 11) is 0. The Morgan fingerprint density at radius 1 is 1.32 bits per heavy atom. The van der Waals surface area contributed by atoms with Crippen LogP contribution in [0, 0.1) is 11.8 Å². The molecule has 2 amide bonds. The zero-order chi connectivity index (χ0) is 17.6. The van der Waals surface area contributed by atoms with Crippen molar-refractivity contribution in [2.45, 2.75) is 58.6 Å². The van der Waals surface area contributed by atoms with Gasteiger partial charge < -0.3 is 15.0 Å². The number of hydrogen-bond acceptors (Lipinski definition) is 3. The van der Waals surface area contributed by atoms with Gasteiger partial charge >= 0.3 is 6.03 Å². The van der Waals surface area contributed by atoms with Gasteiger partial charge in [-0.15, -0.1) is 0 Å². The molecule has 3 atom stereocenters. The fraction of sp³-hybridized carbons (Fsp3) is 0.789. The number of ether oxygens (including phenoxy) is 1. The number of aryl methyl sites for hydroxylation is 1. The van der Waals surface area contributed by atoms with Gasteiger partial charge in [0.15, 0.2) is 0 Å². The molecule has 6 heteroatoms. The maximum Gasteiger partial charge on any atom is 0.317 e. The molecule has 2 aliphatic heterocycles. The molecule has 25 heavy (non-hydrogen) atoms. The van der Waals surface area contributed by atoms with Crippen molar-refractivity contribution in [3.8, 4) is 0 Å². The lowest BCUT2D eigenvalue weighted by Crippen LogP contribution is -2.42. The first-order valence-corrected chi connectivity index (χ1v) is 9.88. The quantitative estimate of drug-likeness (QED) is 0.889. The third-order valence-corrected chi connectivity index (χ3v) is 5.75. The van der Waals surface area contributed by atoms with Crippen LogP contribution in [0.15, 0.2) is 12.4 Å². The Morgan fingerprint density at radius 3 is 2.96 bits per heavy atom. The highest BCUT2D eigenvalue weighted by molar-refractivity contribution is 5.74. The van der Waals surface area contributed by atoms with E-state index in [1.165, 1.54) is 12.8 Å². The van der Waals surface area contributed by atoms with Crippen molar-refractivity contribution in [2.24, 2.45) is 11.8 Å². The molecule has 3 rings (SSSR count). The molecule has 140 valence electrons. The molecular weight excluding hydrogens is 316 g/mol. The van der Waals surface area contributed by atoms with Crippen LogP contribution < -0.4 is 5.32 Å². The van der Waals surface area contributed by atoms with E-state index in [2.05, 4.69) is 30.5 Å². The molecule has 0 bridgehead atoms.